The Kier molecular flexibility index (Phi) is 6.17. The molecule has 3 aliphatic heterocycles. The highest BCUT2D eigenvalue weighted by Gasteiger charge is 2.55. The average Bonchev–Trinajstić information content (AvgIpc) is 3.45. The Balaban J connectivity index is 1.49. The SMILES string of the molecule is CCC12CC(N)CN1C(=O)c1cc(-c3nc(NC4CCN(S(C)=O)CC4)ncc3C(F)(F)F)sc12. The van der Waals surface area contributed by atoms with Gasteiger partial charge in [0.15, 0.2) is 0 Å². The van der Waals surface area contributed by atoms with Crippen LogP contribution in [-0.4, -0.2) is 67.3 Å². The number of thiophene rings is 1. The number of amides is 1. The highest BCUT2D eigenvalue weighted by atomic mass is 32.2. The van der Waals surface area contributed by atoms with Crippen LogP contribution in [0.3, 0.4) is 0 Å². The number of anilines is 1. The summed E-state index contributed by atoms with van der Waals surface area (Å²) in [6.07, 6.45) is 0.374. The van der Waals surface area contributed by atoms with Crippen LogP contribution in [0.15, 0.2) is 12.3 Å². The van der Waals surface area contributed by atoms with Gasteiger partial charge in [0.05, 0.1) is 32.7 Å². The molecule has 0 spiro atoms. The molecule has 1 amide bonds. The van der Waals surface area contributed by atoms with E-state index in [4.69, 9.17) is 5.73 Å². The van der Waals surface area contributed by atoms with Crippen molar-refractivity contribution >= 4 is 34.2 Å². The van der Waals surface area contributed by atoms with E-state index in [0.717, 1.165) is 11.1 Å². The lowest BCUT2D eigenvalue weighted by molar-refractivity contribution is -0.137. The zero-order valence-corrected chi connectivity index (χ0v) is 21.0. The first-order valence-electron chi connectivity index (χ1n) is 11.5. The van der Waals surface area contributed by atoms with Crippen LogP contribution < -0.4 is 11.1 Å². The maximum absolute atomic E-state index is 13.9. The molecule has 2 aromatic heterocycles. The lowest BCUT2D eigenvalue weighted by atomic mass is 9.91. The molecule has 35 heavy (non-hydrogen) atoms. The van der Waals surface area contributed by atoms with Gasteiger partial charge in [-0.25, -0.2) is 18.5 Å². The van der Waals surface area contributed by atoms with E-state index >= 15 is 0 Å². The summed E-state index contributed by atoms with van der Waals surface area (Å²) in [6.45, 7) is 3.65. The van der Waals surface area contributed by atoms with Crippen molar-refractivity contribution in [2.24, 2.45) is 5.73 Å². The highest BCUT2D eigenvalue weighted by molar-refractivity contribution is 7.81. The summed E-state index contributed by atoms with van der Waals surface area (Å²) in [5, 5.41) is 3.15. The fraction of sp³-hybridized carbons (Fsp3) is 0.591. The number of alkyl halides is 3. The predicted octanol–water partition coefficient (Wildman–Crippen LogP) is 3.19. The number of aromatic nitrogens is 2. The van der Waals surface area contributed by atoms with Crippen molar-refractivity contribution in [3.05, 3.63) is 28.3 Å². The lowest BCUT2D eigenvalue weighted by Gasteiger charge is -2.31. The van der Waals surface area contributed by atoms with Gasteiger partial charge in [-0.2, -0.15) is 13.2 Å². The molecule has 0 saturated carbocycles. The molecule has 0 aliphatic carbocycles. The van der Waals surface area contributed by atoms with Gasteiger partial charge < -0.3 is 16.0 Å². The lowest BCUT2D eigenvalue weighted by Crippen LogP contribution is -2.39. The molecule has 0 bridgehead atoms. The highest BCUT2D eigenvalue weighted by Crippen LogP contribution is 2.53. The van der Waals surface area contributed by atoms with Gasteiger partial charge in [-0.15, -0.1) is 11.3 Å². The maximum atomic E-state index is 13.9. The van der Waals surface area contributed by atoms with Crippen LogP contribution in [-0.2, 0) is 22.7 Å². The Labute approximate surface area is 207 Å². The third-order valence-electron chi connectivity index (χ3n) is 7.23. The number of nitrogens with two attached hydrogens (primary N) is 1. The number of halogens is 3. The van der Waals surface area contributed by atoms with E-state index in [-0.39, 0.29) is 29.6 Å². The van der Waals surface area contributed by atoms with Gasteiger partial charge in [0.25, 0.3) is 5.91 Å². The van der Waals surface area contributed by atoms with Crippen LogP contribution >= 0.6 is 11.3 Å². The van der Waals surface area contributed by atoms with E-state index < -0.39 is 28.3 Å². The second kappa shape index (κ2) is 8.79. The number of nitrogens with zero attached hydrogens (tertiary/aromatic N) is 4. The number of hydrogen-bond acceptors (Lipinski definition) is 7. The number of hydrogen-bond donors (Lipinski definition) is 2. The number of piperidine rings is 1. The molecular weight excluding hydrogens is 501 g/mol. The third kappa shape index (κ3) is 4.15. The van der Waals surface area contributed by atoms with Crippen molar-refractivity contribution < 1.29 is 22.2 Å². The van der Waals surface area contributed by atoms with Crippen LogP contribution in [0.5, 0.6) is 0 Å². The van der Waals surface area contributed by atoms with Gasteiger partial charge in [0.1, 0.15) is 5.56 Å². The third-order valence-corrected chi connectivity index (χ3v) is 9.65. The predicted molar refractivity (Wildman–Crippen MR) is 128 cm³/mol. The molecule has 3 unspecified atom stereocenters. The second-order valence-corrected chi connectivity index (χ2v) is 11.8. The molecule has 2 aromatic rings. The summed E-state index contributed by atoms with van der Waals surface area (Å²) < 4.78 is 55.2. The smallest absolute Gasteiger partial charge is 0.351 e. The van der Waals surface area contributed by atoms with Crippen molar-refractivity contribution in [1.82, 2.24) is 19.2 Å². The molecular formula is C22H27F3N6O2S2. The van der Waals surface area contributed by atoms with Gasteiger partial charge in [0, 0.05) is 49.0 Å². The normalized spacial score (nSPS) is 26.2. The van der Waals surface area contributed by atoms with Crippen molar-refractivity contribution in [3.8, 4) is 10.6 Å². The zero-order chi connectivity index (χ0) is 25.1. The Morgan fingerprint density at radius 1 is 1.34 bits per heavy atom. The molecule has 2 fully saturated rings. The zero-order valence-electron chi connectivity index (χ0n) is 19.4. The standard InChI is InChI=1S/C22H27F3N6O2S2/c1-3-21-9-12(26)11-31(21)19(32)14-8-16(34-18(14)21)17-15(22(23,24)25)10-27-20(29-17)28-13-4-6-30(7-5-13)35(2)33/h8,10,12-13H,3-7,9,11,26H2,1-2H3,(H,27,28,29). The van der Waals surface area contributed by atoms with Crippen LogP contribution in [0.25, 0.3) is 10.6 Å². The Bertz CT molecular complexity index is 1180. The monoisotopic (exact) mass is 528 g/mol. The van der Waals surface area contributed by atoms with Crippen LogP contribution in [0.1, 0.15) is 53.4 Å². The summed E-state index contributed by atoms with van der Waals surface area (Å²) in [5.41, 5.74) is 4.87. The van der Waals surface area contributed by atoms with E-state index in [9.17, 15) is 22.2 Å². The van der Waals surface area contributed by atoms with Crippen LogP contribution in [0, 0.1) is 0 Å². The number of fused-ring (bicyclic) bond motifs is 3. The first-order chi connectivity index (χ1) is 16.5. The van der Waals surface area contributed by atoms with Gasteiger partial charge in [-0.1, -0.05) is 6.92 Å². The minimum atomic E-state index is -4.65. The van der Waals surface area contributed by atoms with Crippen molar-refractivity contribution in [2.75, 3.05) is 31.2 Å². The number of nitrogens with one attached hydrogen (secondary N) is 1. The first kappa shape index (κ1) is 24.6. The van der Waals surface area contributed by atoms with Crippen LogP contribution in [0.2, 0.25) is 0 Å². The Morgan fingerprint density at radius 3 is 2.69 bits per heavy atom. The minimum absolute atomic E-state index is 0.0359. The number of carbonyl (C=O) groups excluding carboxylic acids is 1. The van der Waals surface area contributed by atoms with E-state index in [2.05, 4.69) is 15.3 Å². The van der Waals surface area contributed by atoms with Crippen LogP contribution in [0.4, 0.5) is 19.1 Å². The Hall–Kier alpha value is -2.09. The molecule has 0 aromatic carbocycles. The van der Waals surface area contributed by atoms with E-state index in [0.29, 0.717) is 55.8 Å². The van der Waals surface area contributed by atoms with Crippen molar-refractivity contribution in [3.63, 3.8) is 0 Å². The van der Waals surface area contributed by atoms with Gasteiger partial charge in [-0.05, 0) is 31.7 Å². The first-order valence-corrected chi connectivity index (χ1v) is 13.9. The largest absolute Gasteiger partial charge is 0.420 e. The molecule has 0 radical (unpaired) electrons. The average molecular weight is 529 g/mol. The summed E-state index contributed by atoms with van der Waals surface area (Å²) in [5.74, 6) is -0.0722. The van der Waals surface area contributed by atoms with E-state index in [1.54, 1.807) is 17.2 Å². The van der Waals surface area contributed by atoms with Gasteiger partial charge in [-0.3, -0.25) is 4.79 Å². The topological polar surface area (TPSA) is 104 Å². The summed E-state index contributed by atoms with van der Waals surface area (Å²) >= 11 is 1.19. The molecule has 3 aliphatic rings. The second-order valence-electron chi connectivity index (χ2n) is 9.34. The summed E-state index contributed by atoms with van der Waals surface area (Å²) in [7, 11) is -1.05. The van der Waals surface area contributed by atoms with Crippen molar-refractivity contribution in [2.45, 2.75) is 56.4 Å². The molecule has 3 atom stereocenters. The number of rotatable bonds is 5. The summed E-state index contributed by atoms with van der Waals surface area (Å²) in [4.78, 5) is 24.2. The summed E-state index contributed by atoms with van der Waals surface area (Å²) in [6, 6.07) is 1.35. The van der Waals surface area contributed by atoms with Gasteiger partial charge in [0.2, 0.25) is 5.95 Å². The number of carbonyl (C=O) groups is 1. The maximum Gasteiger partial charge on any atom is 0.420 e. The quantitative estimate of drug-likeness (QED) is 0.618. The fourth-order valence-electron chi connectivity index (χ4n) is 5.45. The molecule has 2 saturated heterocycles. The van der Waals surface area contributed by atoms with E-state index in [1.165, 1.54) is 11.3 Å². The fourth-order valence-corrected chi connectivity index (χ4v) is 7.61. The van der Waals surface area contributed by atoms with Gasteiger partial charge >= 0.3 is 6.18 Å². The molecule has 13 heteroatoms. The minimum Gasteiger partial charge on any atom is -0.351 e. The van der Waals surface area contributed by atoms with E-state index in [1.807, 2.05) is 11.2 Å². The molecule has 5 rings (SSSR count). The molecule has 5 heterocycles. The van der Waals surface area contributed by atoms with Crippen molar-refractivity contribution in [1.29, 1.82) is 0 Å². The molecule has 8 nitrogen and oxygen atoms in total. The Morgan fingerprint density at radius 2 is 2.06 bits per heavy atom. The molecule has 190 valence electrons. The molecule has 3 N–H and O–H groups in total.